The lowest BCUT2D eigenvalue weighted by Gasteiger charge is -2.36. The number of carbonyl (C=O) groups excluding carboxylic acids is 4. The molecule has 2 fully saturated rings. The Morgan fingerprint density at radius 3 is 2.49 bits per heavy atom. The van der Waals surface area contributed by atoms with E-state index in [2.05, 4.69) is 10.6 Å². The summed E-state index contributed by atoms with van der Waals surface area (Å²) in [5.74, 6) is -1.71. The van der Waals surface area contributed by atoms with Crippen molar-refractivity contribution < 1.29 is 19.2 Å². The van der Waals surface area contributed by atoms with Crippen molar-refractivity contribution >= 4 is 46.0 Å². The van der Waals surface area contributed by atoms with Gasteiger partial charge in [0.2, 0.25) is 17.7 Å². The molecular weight excluding hydrogens is 566 g/mol. The molecule has 0 radical (unpaired) electrons. The molecule has 0 aliphatic carbocycles. The first-order chi connectivity index (χ1) is 20.7. The number of primary amides is 1. The zero-order valence-electron chi connectivity index (χ0n) is 24.3. The number of rotatable bonds is 8. The maximum absolute atomic E-state index is 14.5. The van der Waals surface area contributed by atoms with E-state index < -0.39 is 23.9 Å². The Morgan fingerprint density at radius 1 is 1.02 bits per heavy atom. The smallest absolute Gasteiger partial charge is 0.250 e. The third kappa shape index (κ3) is 6.84. The molecule has 10 heteroatoms. The van der Waals surface area contributed by atoms with Crippen LogP contribution in [-0.4, -0.2) is 71.7 Å². The number of hydrogen-bond acceptors (Lipinski definition) is 5. The summed E-state index contributed by atoms with van der Waals surface area (Å²) >= 11 is 6.35. The topological polar surface area (TPSA) is 125 Å². The lowest BCUT2D eigenvalue weighted by atomic mass is 9.96. The van der Waals surface area contributed by atoms with Crippen LogP contribution in [0.25, 0.3) is 10.8 Å². The SMILES string of the molecule is CC1CCN(C(Cc2cccc3ccccc23)C(N)=O)C(=O)C(c2cccc(Cl)c2)N1C(=O)CNC(=O)C1CCNCC1. The number of nitrogens with zero attached hydrogens (tertiary/aromatic N) is 2. The van der Waals surface area contributed by atoms with Gasteiger partial charge in [0.05, 0.1) is 6.54 Å². The summed E-state index contributed by atoms with van der Waals surface area (Å²) in [6, 6.07) is 18.2. The largest absolute Gasteiger partial charge is 0.368 e. The molecule has 0 spiro atoms. The van der Waals surface area contributed by atoms with Crippen LogP contribution < -0.4 is 16.4 Å². The van der Waals surface area contributed by atoms with E-state index in [1.54, 1.807) is 24.3 Å². The molecule has 0 saturated carbocycles. The Kier molecular flexibility index (Phi) is 9.62. The van der Waals surface area contributed by atoms with E-state index in [1.165, 1.54) is 9.80 Å². The van der Waals surface area contributed by atoms with Crippen molar-refractivity contribution in [2.75, 3.05) is 26.2 Å². The van der Waals surface area contributed by atoms with E-state index >= 15 is 0 Å². The molecule has 4 amide bonds. The van der Waals surface area contributed by atoms with Crippen molar-refractivity contribution in [3.8, 4) is 0 Å². The average molecular weight is 604 g/mol. The highest BCUT2D eigenvalue weighted by Crippen LogP contribution is 2.33. The summed E-state index contributed by atoms with van der Waals surface area (Å²) in [6.45, 7) is 3.41. The molecule has 2 aliphatic rings. The van der Waals surface area contributed by atoms with Crippen LogP contribution in [0.2, 0.25) is 5.02 Å². The second-order valence-corrected chi connectivity index (χ2v) is 11.9. The molecule has 3 aromatic carbocycles. The Bertz CT molecular complexity index is 1500. The molecule has 226 valence electrons. The van der Waals surface area contributed by atoms with Crippen LogP contribution in [0, 0.1) is 5.92 Å². The summed E-state index contributed by atoms with van der Waals surface area (Å²) in [5, 5.41) is 8.48. The third-order valence-electron chi connectivity index (χ3n) is 8.63. The van der Waals surface area contributed by atoms with Gasteiger partial charge in [-0.25, -0.2) is 0 Å². The molecule has 2 aliphatic heterocycles. The molecule has 0 bridgehead atoms. The highest BCUT2D eigenvalue weighted by atomic mass is 35.5. The fraction of sp³-hybridized carbons (Fsp3) is 0.394. The van der Waals surface area contributed by atoms with Crippen molar-refractivity contribution in [3.63, 3.8) is 0 Å². The summed E-state index contributed by atoms with van der Waals surface area (Å²) in [6.07, 6.45) is 2.09. The fourth-order valence-corrected chi connectivity index (χ4v) is 6.51. The number of nitrogens with one attached hydrogen (secondary N) is 2. The van der Waals surface area contributed by atoms with Gasteiger partial charge in [0.15, 0.2) is 0 Å². The molecule has 3 unspecified atom stereocenters. The molecule has 4 N–H and O–H groups in total. The lowest BCUT2D eigenvalue weighted by molar-refractivity contribution is -0.148. The summed E-state index contributed by atoms with van der Waals surface area (Å²) < 4.78 is 0. The Morgan fingerprint density at radius 2 is 1.74 bits per heavy atom. The first kappa shape index (κ1) is 30.5. The number of fused-ring (bicyclic) bond motifs is 1. The van der Waals surface area contributed by atoms with Gasteiger partial charge in [-0.05, 0) is 73.3 Å². The summed E-state index contributed by atoms with van der Waals surface area (Å²) in [5.41, 5.74) is 7.41. The van der Waals surface area contributed by atoms with Gasteiger partial charge in [0, 0.05) is 29.9 Å². The zero-order chi connectivity index (χ0) is 30.5. The molecular formula is C33H38ClN5O4. The molecule has 3 aromatic rings. The van der Waals surface area contributed by atoms with Crippen LogP contribution >= 0.6 is 11.6 Å². The lowest BCUT2D eigenvalue weighted by Crippen LogP contribution is -2.53. The van der Waals surface area contributed by atoms with Crippen molar-refractivity contribution in [1.29, 1.82) is 0 Å². The number of hydrogen-bond donors (Lipinski definition) is 3. The Balaban J connectivity index is 1.45. The summed E-state index contributed by atoms with van der Waals surface area (Å²) in [4.78, 5) is 57.2. The number of amides is 4. The molecule has 2 saturated heterocycles. The predicted octanol–water partition coefficient (Wildman–Crippen LogP) is 3.20. The van der Waals surface area contributed by atoms with Gasteiger partial charge in [-0.3, -0.25) is 19.2 Å². The normalized spacial score (nSPS) is 20.5. The molecule has 9 nitrogen and oxygen atoms in total. The van der Waals surface area contributed by atoms with Crippen LogP contribution in [0.1, 0.15) is 43.4 Å². The molecule has 5 rings (SSSR count). The highest BCUT2D eigenvalue weighted by Gasteiger charge is 2.43. The first-order valence-corrected chi connectivity index (χ1v) is 15.2. The quantitative estimate of drug-likeness (QED) is 0.365. The van der Waals surface area contributed by atoms with Crippen molar-refractivity contribution in [2.24, 2.45) is 11.7 Å². The minimum atomic E-state index is -1.05. The van der Waals surface area contributed by atoms with E-state index in [0.717, 1.165) is 29.4 Å². The van der Waals surface area contributed by atoms with E-state index in [0.29, 0.717) is 29.8 Å². The Labute approximate surface area is 256 Å². The minimum Gasteiger partial charge on any atom is -0.368 e. The van der Waals surface area contributed by atoms with Crippen molar-refractivity contribution in [1.82, 2.24) is 20.4 Å². The number of halogens is 1. The van der Waals surface area contributed by atoms with Gasteiger partial charge < -0.3 is 26.2 Å². The second kappa shape index (κ2) is 13.6. The van der Waals surface area contributed by atoms with Crippen LogP contribution in [-0.2, 0) is 25.6 Å². The zero-order valence-corrected chi connectivity index (χ0v) is 25.1. The number of piperidine rings is 1. The predicted molar refractivity (Wildman–Crippen MR) is 166 cm³/mol. The maximum atomic E-state index is 14.5. The first-order valence-electron chi connectivity index (χ1n) is 14.9. The monoisotopic (exact) mass is 603 g/mol. The maximum Gasteiger partial charge on any atom is 0.250 e. The van der Waals surface area contributed by atoms with E-state index in [4.69, 9.17) is 17.3 Å². The average Bonchev–Trinajstić information content (AvgIpc) is 3.14. The standard InChI is InChI=1S/C33H38ClN5O4/c1-21-14-17-38(28(31(35)41)19-24-8-4-7-22-6-2-3-11-27(22)24)33(43)30(25-9-5-10-26(34)18-25)39(21)29(40)20-37-32(42)23-12-15-36-16-13-23/h2-11,18,21,23,28,30,36H,12-17,19-20H2,1H3,(H2,35,41)(H,37,42). The van der Waals surface area contributed by atoms with Gasteiger partial charge in [-0.15, -0.1) is 0 Å². The molecule has 0 aromatic heterocycles. The van der Waals surface area contributed by atoms with E-state index in [-0.39, 0.29) is 43.3 Å². The fourth-order valence-electron chi connectivity index (χ4n) is 6.31. The van der Waals surface area contributed by atoms with Crippen molar-refractivity contribution in [2.45, 2.75) is 50.7 Å². The van der Waals surface area contributed by atoms with E-state index in [9.17, 15) is 19.2 Å². The van der Waals surface area contributed by atoms with E-state index in [1.807, 2.05) is 49.4 Å². The van der Waals surface area contributed by atoms with Gasteiger partial charge in [0.25, 0.3) is 5.91 Å². The summed E-state index contributed by atoms with van der Waals surface area (Å²) in [7, 11) is 0. The number of benzene rings is 3. The van der Waals surface area contributed by atoms with Crippen LogP contribution in [0.15, 0.2) is 66.7 Å². The molecule has 2 heterocycles. The molecule has 43 heavy (non-hydrogen) atoms. The van der Waals surface area contributed by atoms with Crippen LogP contribution in [0.4, 0.5) is 0 Å². The van der Waals surface area contributed by atoms with Crippen LogP contribution in [0.5, 0.6) is 0 Å². The third-order valence-corrected chi connectivity index (χ3v) is 8.87. The Hall–Kier alpha value is -3.95. The van der Waals surface area contributed by atoms with Gasteiger partial charge in [0.1, 0.15) is 12.1 Å². The number of nitrogens with two attached hydrogens (primary N) is 1. The minimum absolute atomic E-state index is 0.151. The highest BCUT2D eigenvalue weighted by molar-refractivity contribution is 6.30. The van der Waals surface area contributed by atoms with Gasteiger partial charge in [-0.2, -0.15) is 0 Å². The number of carbonyl (C=O) groups is 4. The second-order valence-electron chi connectivity index (χ2n) is 11.4. The van der Waals surface area contributed by atoms with Crippen molar-refractivity contribution in [3.05, 3.63) is 82.9 Å². The van der Waals surface area contributed by atoms with Gasteiger partial charge >= 0.3 is 0 Å². The van der Waals surface area contributed by atoms with Crippen LogP contribution in [0.3, 0.4) is 0 Å². The van der Waals surface area contributed by atoms with Gasteiger partial charge in [-0.1, -0.05) is 66.2 Å². The molecule has 3 atom stereocenters.